The van der Waals surface area contributed by atoms with E-state index in [2.05, 4.69) is 48.2 Å². The first-order valence-corrected chi connectivity index (χ1v) is 8.69. The molecule has 2 nitrogen and oxygen atoms in total. The third-order valence-electron chi connectivity index (χ3n) is 5.32. The molecule has 0 spiro atoms. The number of rotatable bonds is 1. The van der Waals surface area contributed by atoms with Crippen LogP contribution >= 0.6 is 0 Å². The number of fused-ring (bicyclic) bond motifs is 3. The highest BCUT2D eigenvalue weighted by Gasteiger charge is 2.26. The fourth-order valence-electron chi connectivity index (χ4n) is 4.30. The van der Waals surface area contributed by atoms with Gasteiger partial charge in [-0.05, 0) is 72.9 Å². The molecule has 0 unspecified atom stereocenters. The van der Waals surface area contributed by atoms with Crippen molar-refractivity contribution in [3.8, 4) is 17.2 Å². The number of hydrogen-bond acceptors (Lipinski definition) is 2. The molecule has 0 bridgehead atoms. The number of benzene rings is 2. The molecule has 4 rings (SSSR count). The van der Waals surface area contributed by atoms with Gasteiger partial charge in [0.25, 0.3) is 0 Å². The molecule has 1 saturated heterocycles. The molecule has 0 atom stereocenters. The second-order valence-corrected chi connectivity index (χ2v) is 6.76. The number of anilines is 1. The second-order valence-electron chi connectivity index (χ2n) is 6.76. The Morgan fingerprint density at radius 1 is 1.04 bits per heavy atom. The summed E-state index contributed by atoms with van der Waals surface area (Å²) in [5.74, 6) is 0. The zero-order chi connectivity index (χ0) is 15.8. The summed E-state index contributed by atoms with van der Waals surface area (Å²) < 4.78 is 0. The van der Waals surface area contributed by atoms with Crippen molar-refractivity contribution < 1.29 is 0 Å². The summed E-state index contributed by atoms with van der Waals surface area (Å²) in [6.07, 6.45) is 5.93. The summed E-state index contributed by atoms with van der Waals surface area (Å²) >= 11 is 0. The quantitative estimate of drug-likeness (QED) is 0.768. The van der Waals surface area contributed by atoms with Crippen LogP contribution < -0.4 is 4.90 Å². The van der Waals surface area contributed by atoms with E-state index in [4.69, 9.17) is 0 Å². The van der Waals surface area contributed by atoms with E-state index in [-0.39, 0.29) is 0 Å². The standard InChI is InChI=1S/C21H22N2/c1-15-13-17(14-22)21(23-11-5-2-6-12-23)19-10-9-16-7-3-4-8-18(16)20(15)19/h3-4,7-8,13H,2,5-6,9-12H2,1H3. The first-order valence-electron chi connectivity index (χ1n) is 8.69. The Kier molecular flexibility index (Phi) is 3.58. The highest BCUT2D eigenvalue weighted by atomic mass is 15.1. The molecule has 2 aromatic rings. The lowest BCUT2D eigenvalue weighted by atomic mass is 9.81. The monoisotopic (exact) mass is 302 g/mol. The van der Waals surface area contributed by atoms with Gasteiger partial charge < -0.3 is 4.90 Å². The topological polar surface area (TPSA) is 27.0 Å². The number of nitrogens with zero attached hydrogens (tertiary/aromatic N) is 2. The minimum Gasteiger partial charge on any atom is -0.370 e. The van der Waals surface area contributed by atoms with Crippen LogP contribution in [-0.2, 0) is 12.8 Å². The van der Waals surface area contributed by atoms with Crippen LogP contribution in [0, 0.1) is 18.3 Å². The predicted molar refractivity (Wildman–Crippen MR) is 94.8 cm³/mol. The molecule has 0 aromatic heterocycles. The fraction of sp³-hybridized carbons (Fsp3) is 0.381. The third-order valence-corrected chi connectivity index (χ3v) is 5.32. The largest absolute Gasteiger partial charge is 0.370 e. The molecule has 2 aromatic carbocycles. The molecule has 1 aliphatic heterocycles. The van der Waals surface area contributed by atoms with Crippen LogP contribution in [0.3, 0.4) is 0 Å². The zero-order valence-corrected chi connectivity index (χ0v) is 13.7. The summed E-state index contributed by atoms with van der Waals surface area (Å²) in [5, 5.41) is 9.69. The minimum atomic E-state index is 0.863. The van der Waals surface area contributed by atoms with E-state index in [9.17, 15) is 5.26 Å². The molecule has 1 heterocycles. The lowest BCUT2D eigenvalue weighted by Crippen LogP contribution is -2.31. The molecule has 0 radical (unpaired) electrons. The van der Waals surface area contributed by atoms with E-state index in [1.54, 1.807) is 0 Å². The SMILES string of the molecule is Cc1cc(C#N)c(N2CCCCC2)c2c1-c1ccccc1CC2. The summed E-state index contributed by atoms with van der Waals surface area (Å²) in [6.45, 7) is 4.33. The Labute approximate surface area is 138 Å². The Hall–Kier alpha value is -2.27. The normalized spacial score (nSPS) is 16.4. The lowest BCUT2D eigenvalue weighted by molar-refractivity contribution is 0.575. The van der Waals surface area contributed by atoms with Gasteiger partial charge in [0.1, 0.15) is 6.07 Å². The molecule has 1 aliphatic carbocycles. The van der Waals surface area contributed by atoms with Crippen molar-refractivity contribution in [1.82, 2.24) is 0 Å². The molecule has 0 N–H and O–H groups in total. The van der Waals surface area contributed by atoms with Gasteiger partial charge in [-0.15, -0.1) is 0 Å². The Bertz CT molecular complexity index is 792. The Morgan fingerprint density at radius 2 is 1.83 bits per heavy atom. The van der Waals surface area contributed by atoms with Crippen LogP contribution in [0.4, 0.5) is 5.69 Å². The van der Waals surface area contributed by atoms with Gasteiger partial charge in [-0.3, -0.25) is 0 Å². The molecule has 2 aliphatic rings. The van der Waals surface area contributed by atoms with E-state index >= 15 is 0 Å². The number of aryl methyl sites for hydroxylation is 2. The van der Waals surface area contributed by atoms with Crippen molar-refractivity contribution in [2.24, 2.45) is 0 Å². The second kappa shape index (κ2) is 5.74. The van der Waals surface area contributed by atoms with Crippen molar-refractivity contribution in [2.75, 3.05) is 18.0 Å². The third kappa shape index (κ3) is 2.32. The molecule has 0 amide bonds. The average molecular weight is 302 g/mol. The van der Waals surface area contributed by atoms with E-state index < -0.39 is 0 Å². The Balaban J connectivity index is 1.95. The van der Waals surface area contributed by atoms with E-state index in [0.29, 0.717) is 0 Å². The molecular formula is C21H22N2. The molecule has 1 fully saturated rings. The van der Waals surface area contributed by atoms with Crippen LogP contribution in [-0.4, -0.2) is 13.1 Å². The van der Waals surface area contributed by atoms with Gasteiger partial charge in [0.15, 0.2) is 0 Å². The van der Waals surface area contributed by atoms with Gasteiger partial charge in [0.05, 0.1) is 11.3 Å². The molecular weight excluding hydrogens is 280 g/mol. The highest BCUT2D eigenvalue weighted by Crippen LogP contribution is 2.42. The highest BCUT2D eigenvalue weighted by molar-refractivity contribution is 5.84. The first-order chi connectivity index (χ1) is 11.3. The van der Waals surface area contributed by atoms with E-state index in [1.807, 2.05) is 0 Å². The van der Waals surface area contributed by atoms with Crippen molar-refractivity contribution in [1.29, 1.82) is 5.26 Å². The van der Waals surface area contributed by atoms with Crippen molar-refractivity contribution in [3.63, 3.8) is 0 Å². The van der Waals surface area contributed by atoms with Gasteiger partial charge >= 0.3 is 0 Å². The van der Waals surface area contributed by atoms with Crippen molar-refractivity contribution in [3.05, 3.63) is 52.6 Å². The number of piperidine rings is 1. The van der Waals surface area contributed by atoms with Gasteiger partial charge in [-0.1, -0.05) is 24.3 Å². The van der Waals surface area contributed by atoms with Crippen LogP contribution in [0.15, 0.2) is 30.3 Å². The summed E-state index contributed by atoms with van der Waals surface area (Å²) in [4.78, 5) is 2.47. The van der Waals surface area contributed by atoms with Crippen molar-refractivity contribution >= 4 is 5.69 Å². The molecule has 2 heteroatoms. The van der Waals surface area contributed by atoms with Gasteiger partial charge in [0, 0.05) is 13.1 Å². The average Bonchev–Trinajstić information content (AvgIpc) is 2.61. The zero-order valence-electron chi connectivity index (χ0n) is 13.7. The maximum atomic E-state index is 9.69. The fourth-order valence-corrected chi connectivity index (χ4v) is 4.30. The lowest BCUT2D eigenvalue weighted by Gasteiger charge is -2.34. The predicted octanol–water partition coefficient (Wildman–Crippen LogP) is 4.62. The maximum absolute atomic E-state index is 9.69. The summed E-state index contributed by atoms with van der Waals surface area (Å²) in [5.41, 5.74) is 8.93. The smallest absolute Gasteiger partial charge is 0.101 e. The molecule has 23 heavy (non-hydrogen) atoms. The maximum Gasteiger partial charge on any atom is 0.101 e. The number of hydrogen-bond donors (Lipinski definition) is 0. The molecule has 116 valence electrons. The van der Waals surface area contributed by atoms with Crippen LogP contribution in [0.1, 0.15) is 41.5 Å². The Morgan fingerprint density at radius 3 is 2.61 bits per heavy atom. The first kappa shape index (κ1) is 14.3. The summed E-state index contributed by atoms with van der Waals surface area (Å²) in [6, 6.07) is 13.3. The van der Waals surface area contributed by atoms with Gasteiger partial charge in [-0.25, -0.2) is 0 Å². The van der Waals surface area contributed by atoms with Crippen LogP contribution in [0.2, 0.25) is 0 Å². The molecule has 0 saturated carbocycles. The number of nitriles is 1. The van der Waals surface area contributed by atoms with Crippen molar-refractivity contribution in [2.45, 2.75) is 39.0 Å². The van der Waals surface area contributed by atoms with Crippen LogP contribution in [0.5, 0.6) is 0 Å². The van der Waals surface area contributed by atoms with Gasteiger partial charge in [0.2, 0.25) is 0 Å². The summed E-state index contributed by atoms with van der Waals surface area (Å²) in [7, 11) is 0. The van der Waals surface area contributed by atoms with Gasteiger partial charge in [-0.2, -0.15) is 5.26 Å². The minimum absolute atomic E-state index is 0.863. The van der Waals surface area contributed by atoms with E-state index in [0.717, 1.165) is 31.5 Å². The van der Waals surface area contributed by atoms with Crippen LogP contribution in [0.25, 0.3) is 11.1 Å². The van der Waals surface area contributed by atoms with E-state index in [1.165, 1.54) is 52.8 Å².